The zero-order chi connectivity index (χ0) is 22.1. The number of anilines is 2. The molecule has 0 spiro atoms. The summed E-state index contributed by atoms with van der Waals surface area (Å²) >= 11 is 11.9. The third kappa shape index (κ3) is 8.03. The van der Waals surface area contributed by atoms with Crippen LogP contribution in [0, 0.1) is 0 Å². The molecule has 31 heavy (non-hydrogen) atoms. The monoisotopic (exact) mass is 465 g/mol. The molecule has 1 saturated heterocycles. The standard InChI is InChI=1S/C22H25Cl2N3O4/c23-16-3-8-20(19(24)14-16)31-11-1-2-21(28)25-17-4-6-18(7-5-17)26-22(29)15-27-9-12-30-13-10-27/h3-8,14H,1-2,9-13,15H2,(H,25,28)(H,26,29). The number of hydrogen-bond donors (Lipinski definition) is 2. The first-order chi connectivity index (χ1) is 15.0. The van der Waals surface area contributed by atoms with E-state index in [2.05, 4.69) is 15.5 Å². The van der Waals surface area contributed by atoms with Crippen molar-refractivity contribution < 1.29 is 19.1 Å². The van der Waals surface area contributed by atoms with Crippen LogP contribution in [0.5, 0.6) is 5.75 Å². The molecule has 1 aliphatic heterocycles. The minimum Gasteiger partial charge on any atom is -0.492 e. The largest absolute Gasteiger partial charge is 0.492 e. The van der Waals surface area contributed by atoms with Crippen molar-refractivity contribution in [1.82, 2.24) is 4.90 Å². The van der Waals surface area contributed by atoms with Crippen LogP contribution in [0.3, 0.4) is 0 Å². The number of benzene rings is 2. The fourth-order valence-corrected chi connectivity index (χ4v) is 3.49. The molecule has 3 rings (SSSR count). The van der Waals surface area contributed by atoms with Crippen molar-refractivity contribution in [3.8, 4) is 5.75 Å². The number of carbonyl (C=O) groups excluding carboxylic acids is 2. The van der Waals surface area contributed by atoms with Gasteiger partial charge in [-0.1, -0.05) is 23.2 Å². The summed E-state index contributed by atoms with van der Waals surface area (Å²) in [6.07, 6.45) is 0.851. The Balaban J connectivity index is 1.35. The minimum atomic E-state index is -0.116. The molecule has 1 fully saturated rings. The Hall–Kier alpha value is -2.32. The lowest BCUT2D eigenvalue weighted by molar-refractivity contribution is -0.118. The van der Waals surface area contributed by atoms with Gasteiger partial charge in [0.25, 0.3) is 0 Å². The van der Waals surface area contributed by atoms with Crippen molar-refractivity contribution in [3.05, 3.63) is 52.5 Å². The van der Waals surface area contributed by atoms with E-state index in [9.17, 15) is 9.59 Å². The van der Waals surface area contributed by atoms with E-state index in [1.807, 2.05) is 0 Å². The molecule has 0 saturated carbocycles. The minimum absolute atomic E-state index is 0.0699. The fraction of sp³-hybridized carbons (Fsp3) is 0.364. The summed E-state index contributed by atoms with van der Waals surface area (Å²) in [5.41, 5.74) is 1.35. The van der Waals surface area contributed by atoms with E-state index in [0.717, 1.165) is 13.1 Å². The highest BCUT2D eigenvalue weighted by Crippen LogP contribution is 2.27. The highest BCUT2D eigenvalue weighted by molar-refractivity contribution is 6.35. The van der Waals surface area contributed by atoms with Gasteiger partial charge in [0.15, 0.2) is 0 Å². The summed E-state index contributed by atoms with van der Waals surface area (Å²) in [5.74, 6) is 0.354. The molecular formula is C22H25Cl2N3O4. The van der Waals surface area contributed by atoms with Gasteiger partial charge in [-0.05, 0) is 48.9 Å². The van der Waals surface area contributed by atoms with E-state index >= 15 is 0 Å². The number of morpholine rings is 1. The van der Waals surface area contributed by atoms with Crippen LogP contribution in [-0.2, 0) is 14.3 Å². The Morgan fingerprint density at radius 3 is 2.26 bits per heavy atom. The smallest absolute Gasteiger partial charge is 0.238 e. The second kappa shape index (κ2) is 11.9. The van der Waals surface area contributed by atoms with Gasteiger partial charge in [0.2, 0.25) is 11.8 Å². The van der Waals surface area contributed by atoms with Gasteiger partial charge >= 0.3 is 0 Å². The molecular weight excluding hydrogens is 441 g/mol. The van der Waals surface area contributed by atoms with Gasteiger partial charge in [-0.25, -0.2) is 0 Å². The van der Waals surface area contributed by atoms with E-state index in [1.54, 1.807) is 42.5 Å². The first-order valence-corrected chi connectivity index (χ1v) is 10.8. The molecule has 2 aromatic carbocycles. The highest BCUT2D eigenvalue weighted by Gasteiger charge is 2.14. The van der Waals surface area contributed by atoms with Gasteiger partial charge in [0.05, 0.1) is 31.4 Å². The summed E-state index contributed by atoms with van der Waals surface area (Å²) < 4.78 is 10.9. The molecule has 7 nitrogen and oxygen atoms in total. The Bertz CT molecular complexity index is 887. The van der Waals surface area contributed by atoms with Gasteiger partial charge in [-0.15, -0.1) is 0 Å². The summed E-state index contributed by atoms with van der Waals surface area (Å²) in [7, 11) is 0. The van der Waals surface area contributed by atoms with Crippen LogP contribution in [0.2, 0.25) is 10.0 Å². The lowest BCUT2D eigenvalue weighted by atomic mass is 10.2. The second-order valence-electron chi connectivity index (χ2n) is 7.09. The molecule has 0 aliphatic carbocycles. The van der Waals surface area contributed by atoms with Crippen LogP contribution in [0.15, 0.2) is 42.5 Å². The molecule has 0 bridgehead atoms. The van der Waals surface area contributed by atoms with E-state index in [4.69, 9.17) is 32.7 Å². The number of halogens is 2. The van der Waals surface area contributed by atoms with Crippen LogP contribution < -0.4 is 15.4 Å². The normalized spacial score (nSPS) is 14.1. The molecule has 0 radical (unpaired) electrons. The number of hydrogen-bond acceptors (Lipinski definition) is 5. The predicted molar refractivity (Wildman–Crippen MR) is 122 cm³/mol. The van der Waals surface area contributed by atoms with Crippen LogP contribution in [0.25, 0.3) is 0 Å². The number of nitrogens with one attached hydrogen (secondary N) is 2. The second-order valence-corrected chi connectivity index (χ2v) is 7.93. The van der Waals surface area contributed by atoms with Crippen LogP contribution in [0.4, 0.5) is 11.4 Å². The summed E-state index contributed by atoms with van der Waals surface area (Å²) in [5, 5.41) is 6.68. The average molecular weight is 466 g/mol. The summed E-state index contributed by atoms with van der Waals surface area (Å²) in [4.78, 5) is 26.3. The molecule has 0 aromatic heterocycles. The Kier molecular flexibility index (Phi) is 8.97. The van der Waals surface area contributed by atoms with Crippen molar-refractivity contribution in [2.45, 2.75) is 12.8 Å². The van der Waals surface area contributed by atoms with Gasteiger partial charge in [-0.3, -0.25) is 14.5 Å². The molecule has 0 unspecified atom stereocenters. The van der Waals surface area contributed by atoms with Crippen molar-refractivity contribution in [1.29, 1.82) is 0 Å². The van der Waals surface area contributed by atoms with Gasteiger partial charge < -0.3 is 20.1 Å². The van der Waals surface area contributed by atoms with Crippen molar-refractivity contribution in [3.63, 3.8) is 0 Å². The maximum atomic E-state index is 12.1. The molecule has 2 amide bonds. The first-order valence-electron chi connectivity index (χ1n) is 10.1. The third-order valence-corrected chi connectivity index (χ3v) is 5.15. The van der Waals surface area contributed by atoms with Crippen molar-refractivity contribution in [2.24, 2.45) is 0 Å². The Morgan fingerprint density at radius 1 is 0.968 bits per heavy atom. The molecule has 2 aromatic rings. The summed E-state index contributed by atoms with van der Waals surface area (Å²) in [6.45, 7) is 3.53. The Morgan fingerprint density at radius 2 is 1.61 bits per heavy atom. The third-order valence-electron chi connectivity index (χ3n) is 4.62. The number of ether oxygens (including phenoxy) is 2. The fourth-order valence-electron chi connectivity index (χ4n) is 3.03. The van der Waals surface area contributed by atoms with E-state index in [0.29, 0.717) is 66.4 Å². The molecule has 0 atom stereocenters. The van der Waals surface area contributed by atoms with Gasteiger partial charge in [0, 0.05) is 35.9 Å². The molecule has 9 heteroatoms. The molecule has 166 valence electrons. The summed E-state index contributed by atoms with van der Waals surface area (Å²) in [6, 6.07) is 12.0. The number of nitrogens with zero attached hydrogens (tertiary/aromatic N) is 1. The highest BCUT2D eigenvalue weighted by atomic mass is 35.5. The molecule has 1 heterocycles. The number of amides is 2. The van der Waals surface area contributed by atoms with Crippen molar-refractivity contribution in [2.75, 3.05) is 50.1 Å². The van der Waals surface area contributed by atoms with E-state index in [1.165, 1.54) is 0 Å². The Labute approximate surface area is 191 Å². The molecule has 2 N–H and O–H groups in total. The van der Waals surface area contributed by atoms with Gasteiger partial charge in [-0.2, -0.15) is 0 Å². The first kappa shape index (κ1) is 23.3. The van der Waals surface area contributed by atoms with Gasteiger partial charge in [0.1, 0.15) is 5.75 Å². The lowest BCUT2D eigenvalue weighted by Gasteiger charge is -2.25. The maximum Gasteiger partial charge on any atom is 0.238 e. The SMILES string of the molecule is O=C(CCCOc1ccc(Cl)cc1Cl)Nc1ccc(NC(=O)CN2CCOCC2)cc1. The van der Waals surface area contributed by atoms with Crippen LogP contribution in [-0.4, -0.2) is 56.2 Å². The zero-order valence-electron chi connectivity index (χ0n) is 17.0. The quantitative estimate of drug-likeness (QED) is 0.545. The van der Waals surface area contributed by atoms with E-state index < -0.39 is 0 Å². The van der Waals surface area contributed by atoms with Crippen LogP contribution in [0.1, 0.15) is 12.8 Å². The number of rotatable bonds is 9. The number of carbonyl (C=O) groups is 2. The van der Waals surface area contributed by atoms with Crippen LogP contribution >= 0.6 is 23.2 Å². The maximum absolute atomic E-state index is 12.1. The van der Waals surface area contributed by atoms with Crippen molar-refractivity contribution >= 4 is 46.4 Å². The predicted octanol–water partition coefficient (Wildman–Crippen LogP) is 4.06. The topological polar surface area (TPSA) is 79.9 Å². The lowest BCUT2D eigenvalue weighted by Crippen LogP contribution is -2.41. The van der Waals surface area contributed by atoms with E-state index in [-0.39, 0.29) is 11.8 Å². The average Bonchev–Trinajstić information content (AvgIpc) is 2.74. The molecule has 1 aliphatic rings. The zero-order valence-corrected chi connectivity index (χ0v) is 18.5.